The van der Waals surface area contributed by atoms with Crippen LogP contribution in [0.2, 0.25) is 0 Å². The van der Waals surface area contributed by atoms with Crippen molar-refractivity contribution in [2.45, 2.75) is 0 Å². The summed E-state index contributed by atoms with van der Waals surface area (Å²) in [5.74, 6) is -0.636. The van der Waals surface area contributed by atoms with Gasteiger partial charge in [0, 0.05) is 6.07 Å². The standard InChI is InChI=1S/C11H12ClNO4/c1-16-7-3-4-8(11(15)17-2)9(5-7)13-10(14)6-12/h3-5H,6H2,1-2H3,(H,13,14). The molecule has 0 aliphatic rings. The molecule has 1 aromatic rings. The Balaban J connectivity index is 3.11. The van der Waals surface area contributed by atoms with Crippen LogP contribution < -0.4 is 10.1 Å². The number of anilines is 1. The Morgan fingerprint density at radius 1 is 1.35 bits per heavy atom. The quantitative estimate of drug-likeness (QED) is 0.658. The van der Waals surface area contributed by atoms with Crippen LogP contribution in [-0.4, -0.2) is 32.0 Å². The summed E-state index contributed by atoms with van der Waals surface area (Å²) >= 11 is 5.38. The SMILES string of the molecule is COC(=O)c1ccc(OC)cc1NC(=O)CCl. The van der Waals surface area contributed by atoms with E-state index in [1.54, 1.807) is 6.07 Å². The molecule has 0 aliphatic heterocycles. The monoisotopic (exact) mass is 257 g/mol. The molecular weight excluding hydrogens is 246 g/mol. The Morgan fingerprint density at radius 3 is 2.59 bits per heavy atom. The predicted molar refractivity (Wildman–Crippen MR) is 63.7 cm³/mol. The summed E-state index contributed by atoms with van der Waals surface area (Å²) in [4.78, 5) is 22.7. The van der Waals surface area contributed by atoms with Gasteiger partial charge in [0.15, 0.2) is 0 Å². The van der Waals surface area contributed by atoms with Gasteiger partial charge in [0.2, 0.25) is 5.91 Å². The Bertz CT molecular complexity index is 433. The molecule has 0 saturated carbocycles. The van der Waals surface area contributed by atoms with E-state index < -0.39 is 11.9 Å². The van der Waals surface area contributed by atoms with Crippen molar-refractivity contribution in [1.82, 2.24) is 0 Å². The zero-order valence-electron chi connectivity index (χ0n) is 9.45. The van der Waals surface area contributed by atoms with Crippen LogP contribution in [0.15, 0.2) is 18.2 Å². The van der Waals surface area contributed by atoms with E-state index in [-0.39, 0.29) is 11.4 Å². The molecule has 1 N–H and O–H groups in total. The van der Waals surface area contributed by atoms with Crippen LogP contribution in [0.1, 0.15) is 10.4 Å². The third-order valence-corrected chi connectivity index (χ3v) is 2.27. The van der Waals surface area contributed by atoms with Crippen molar-refractivity contribution >= 4 is 29.2 Å². The Hall–Kier alpha value is -1.75. The van der Waals surface area contributed by atoms with Crippen LogP contribution in [0.25, 0.3) is 0 Å². The van der Waals surface area contributed by atoms with Crippen molar-refractivity contribution in [3.05, 3.63) is 23.8 Å². The molecule has 0 aromatic heterocycles. The first-order valence-corrected chi connectivity index (χ1v) is 5.28. The lowest BCUT2D eigenvalue weighted by molar-refractivity contribution is -0.113. The van der Waals surface area contributed by atoms with Gasteiger partial charge in [-0.25, -0.2) is 4.79 Å². The fraction of sp³-hybridized carbons (Fsp3) is 0.273. The summed E-state index contributed by atoms with van der Waals surface area (Å²) in [6.07, 6.45) is 0. The van der Waals surface area contributed by atoms with Gasteiger partial charge in [-0.3, -0.25) is 4.79 Å². The molecular formula is C11H12ClNO4. The van der Waals surface area contributed by atoms with E-state index in [1.807, 2.05) is 0 Å². The summed E-state index contributed by atoms with van der Waals surface area (Å²) in [6, 6.07) is 4.63. The first-order chi connectivity index (χ1) is 8.12. The van der Waals surface area contributed by atoms with Crippen LogP contribution in [0.5, 0.6) is 5.75 Å². The molecule has 0 aliphatic carbocycles. The predicted octanol–water partition coefficient (Wildman–Crippen LogP) is 1.66. The molecule has 5 nitrogen and oxygen atoms in total. The molecule has 0 fully saturated rings. The summed E-state index contributed by atoms with van der Waals surface area (Å²) in [6.45, 7) is 0. The number of carbonyl (C=O) groups excluding carboxylic acids is 2. The van der Waals surface area contributed by atoms with Gasteiger partial charge < -0.3 is 14.8 Å². The Labute approximate surface area is 104 Å². The van der Waals surface area contributed by atoms with Crippen molar-refractivity contribution < 1.29 is 19.1 Å². The highest BCUT2D eigenvalue weighted by Crippen LogP contribution is 2.23. The Kier molecular flexibility index (Phi) is 4.78. The number of hydrogen-bond donors (Lipinski definition) is 1. The molecule has 0 heterocycles. The highest BCUT2D eigenvalue weighted by molar-refractivity contribution is 6.29. The second-order valence-corrected chi connectivity index (χ2v) is 3.35. The van der Waals surface area contributed by atoms with Crippen molar-refractivity contribution in [2.24, 2.45) is 0 Å². The van der Waals surface area contributed by atoms with E-state index in [4.69, 9.17) is 16.3 Å². The molecule has 0 spiro atoms. The lowest BCUT2D eigenvalue weighted by Gasteiger charge is -2.10. The number of nitrogens with one attached hydrogen (secondary N) is 1. The molecule has 6 heteroatoms. The average molecular weight is 258 g/mol. The molecule has 17 heavy (non-hydrogen) atoms. The molecule has 0 unspecified atom stereocenters. The van der Waals surface area contributed by atoms with Gasteiger partial charge in [-0.15, -0.1) is 11.6 Å². The van der Waals surface area contributed by atoms with Gasteiger partial charge in [-0.1, -0.05) is 0 Å². The number of ether oxygens (including phenoxy) is 2. The minimum Gasteiger partial charge on any atom is -0.497 e. The van der Waals surface area contributed by atoms with Crippen molar-refractivity contribution in [3.8, 4) is 5.75 Å². The molecule has 92 valence electrons. The van der Waals surface area contributed by atoms with Crippen LogP contribution in [-0.2, 0) is 9.53 Å². The van der Waals surface area contributed by atoms with E-state index in [0.29, 0.717) is 11.4 Å². The van der Waals surface area contributed by atoms with E-state index in [2.05, 4.69) is 10.1 Å². The van der Waals surface area contributed by atoms with E-state index in [0.717, 1.165) is 0 Å². The lowest BCUT2D eigenvalue weighted by atomic mass is 10.1. The second-order valence-electron chi connectivity index (χ2n) is 3.08. The van der Waals surface area contributed by atoms with Gasteiger partial charge >= 0.3 is 5.97 Å². The normalized spacial score (nSPS) is 9.59. The number of methoxy groups -OCH3 is 2. The largest absolute Gasteiger partial charge is 0.497 e. The van der Waals surface area contributed by atoms with Crippen LogP contribution in [0, 0.1) is 0 Å². The highest BCUT2D eigenvalue weighted by atomic mass is 35.5. The van der Waals surface area contributed by atoms with Crippen LogP contribution >= 0.6 is 11.6 Å². The van der Waals surface area contributed by atoms with Crippen LogP contribution in [0.3, 0.4) is 0 Å². The Morgan fingerprint density at radius 2 is 2.06 bits per heavy atom. The van der Waals surface area contributed by atoms with E-state index >= 15 is 0 Å². The number of alkyl halides is 1. The second kappa shape index (κ2) is 6.10. The number of hydrogen-bond acceptors (Lipinski definition) is 4. The fourth-order valence-corrected chi connectivity index (χ4v) is 1.29. The van der Waals surface area contributed by atoms with Gasteiger partial charge in [-0.2, -0.15) is 0 Å². The molecule has 1 rings (SSSR count). The maximum Gasteiger partial charge on any atom is 0.339 e. The maximum absolute atomic E-state index is 11.5. The molecule has 1 amide bonds. The number of rotatable bonds is 4. The number of esters is 1. The zero-order chi connectivity index (χ0) is 12.8. The van der Waals surface area contributed by atoms with Crippen molar-refractivity contribution in [1.29, 1.82) is 0 Å². The smallest absolute Gasteiger partial charge is 0.339 e. The van der Waals surface area contributed by atoms with Gasteiger partial charge in [0.1, 0.15) is 11.6 Å². The molecule has 0 bridgehead atoms. The molecule has 0 radical (unpaired) electrons. The minimum absolute atomic E-state index is 0.197. The number of benzene rings is 1. The molecule has 0 saturated heterocycles. The number of amides is 1. The van der Waals surface area contributed by atoms with Crippen molar-refractivity contribution in [2.75, 3.05) is 25.4 Å². The topological polar surface area (TPSA) is 64.6 Å². The first kappa shape index (κ1) is 13.3. The van der Waals surface area contributed by atoms with Gasteiger partial charge in [0.25, 0.3) is 0 Å². The molecule has 0 atom stereocenters. The highest BCUT2D eigenvalue weighted by Gasteiger charge is 2.14. The summed E-state index contributed by atoms with van der Waals surface area (Å²) in [5.41, 5.74) is 0.550. The summed E-state index contributed by atoms with van der Waals surface area (Å²) in [5, 5.41) is 2.50. The van der Waals surface area contributed by atoms with Crippen molar-refractivity contribution in [3.63, 3.8) is 0 Å². The van der Waals surface area contributed by atoms with E-state index in [1.165, 1.54) is 26.4 Å². The first-order valence-electron chi connectivity index (χ1n) is 4.74. The zero-order valence-corrected chi connectivity index (χ0v) is 10.2. The minimum atomic E-state index is -0.544. The number of carbonyl (C=O) groups is 2. The maximum atomic E-state index is 11.5. The average Bonchev–Trinajstić information content (AvgIpc) is 2.37. The lowest BCUT2D eigenvalue weighted by Crippen LogP contribution is -2.16. The summed E-state index contributed by atoms with van der Waals surface area (Å²) in [7, 11) is 2.75. The third kappa shape index (κ3) is 3.35. The fourth-order valence-electron chi connectivity index (χ4n) is 1.23. The third-order valence-electron chi connectivity index (χ3n) is 2.03. The van der Waals surface area contributed by atoms with Gasteiger partial charge in [-0.05, 0) is 12.1 Å². The molecule has 1 aromatic carbocycles. The van der Waals surface area contributed by atoms with Crippen LogP contribution in [0.4, 0.5) is 5.69 Å². The summed E-state index contributed by atoms with van der Waals surface area (Å²) < 4.78 is 9.60. The van der Waals surface area contributed by atoms with Gasteiger partial charge in [0.05, 0.1) is 25.5 Å². The number of halogens is 1. The van der Waals surface area contributed by atoms with E-state index in [9.17, 15) is 9.59 Å².